The minimum absolute atomic E-state index is 0.246. The Hall–Kier alpha value is -2.16. The molecule has 3 heteroatoms. The molecule has 2 aromatic carbocycles. The van der Waals surface area contributed by atoms with Crippen molar-refractivity contribution in [3.63, 3.8) is 0 Å². The number of nitrogens with one attached hydrogen (secondary N) is 1. The van der Waals surface area contributed by atoms with Gasteiger partial charge in [0.25, 0.3) is 0 Å². The lowest BCUT2D eigenvalue weighted by molar-refractivity contribution is 0.464. The minimum atomic E-state index is 0.246. The van der Waals surface area contributed by atoms with Gasteiger partial charge in [-0.1, -0.05) is 32.1 Å². The highest BCUT2D eigenvalue weighted by Crippen LogP contribution is 2.26. The molecule has 0 heterocycles. The van der Waals surface area contributed by atoms with Crippen LogP contribution in [0.5, 0.6) is 17.2 Å². The van der Waals surface area contributed by atoms with Crippen molar-refractivity contribution < 1.29 is 9.84 Å². The molecule has 1 aliphatic rings. The van der Waals surface area contributed by atoms with Crippen LogP contribution in [-0.4, -0.2) is 11.1 Å². The van der Waals surface area contributed by atoms with E-state index in [0.717, 1.165) is 17.2 Å². The number of ether oxygens (including phenoxy) is 1. The topological polar surface area (TPSA) is 41.5 Å². The number of rotatable bonds is 4. The Morgan fingerprint density at radius 2 is 1.26 bits per heavy atom. The first-order valence-corrected chi connectivity index (χ1v) is 8.63. The number of aromatic hydroxyl groups is 1. The van der Waals surface area contributed by atoms with Crippen molar-refractivity contribution >= 4 is 5.69 Å². The van der Waals surface area contributed by atoms with Crippen LogP contribution in [0.3, 0.4) is 0 Å². The quantitative estimate of drug-likeness (QED) is 0.760. The molecule has 1 saturated carbocycles. The molecule has 0 aliphatic heterocycles. The lowest BCUT2D eigenvalue weighted by Gasteiger charge is -2.22. The van der Waals surface area contributed by atoms with Crippen molar-refractivity contribution in [1.29, 1.82) is 0 Å². The Kier molecular flexibility index (Phi) is 5.41. The first-order chi connectivity index (χ1) is 11.3. The van der Waals surface area contributed by atoms with E-state index in [-0.39, 0.29) is 5.75 Å². The van der Waals surface area contributed by atoms with Crippen LogP contribution in [0.15, 0.2) is 48.5 Å². The minimum Gasteiger partial charge on any atom is -0.508 e. The predicted octanol–water partition coefficient (Wildman–Crippen LogP) is 5.71. The maximum atomic E-state index is 9.29. The summed E-state index contributed by atoms with van der Waals surface area (Å²) in [6, 6.07) is 15.5. The zero-order chi connectivity index (χ0) is 15.9. The third-order valence-electron chi connectivity index (χ3n) is 4.40. The van der Waals surface area contributed by atoms with Crippen molar-refractivity contribution in [1.82, 2.24) is 0 Å². The second-order valence-electron chi connectivity index (χ2n) is 6.31. The van der Waals surface area contributed by atoms with E-state index in [0.29, 0.717) is 6.04 Å². The third-order valence-corrected chi connectivity index (χ3v) is 4.40. The van der Waals surface area contributed by atoms with E-state index in [1.165, 1.54) is 44.9 Å². The zero-order valence-corrected chi connectivity index (χ0v) is 13.5. The first kappa shape index (κ1) is 15.7. The van der Waals surface area contributed by atoms with Gasteiger partial charge in [0.2, 0.25) is 0 Å². The van der Waals surface area contributed by atoms with Crippen molar-refractivity contribution in [2.45, 2.75) is 51.0 Å². The van der Waals surface area contributed by atoms with E-state index in [4.69, 9.17) is 4.74 Å². The lowest BCUT2D eigenvalue weighted by atomic mass is 9.96. The van der Waals surface area contributed by atoms with Crippen LogP contribution < -0.4 is 10.1 Å². The van der Waals surface area contributed by atoms with E-state index in [2.05, 4.69) is 17.4 Å². The van der Waals surface area contributed by atoms with E-state index in [1.54, 1.807) is 24.3 Å². The SMILES string of the molecule is Oc1ccc(Oc2ccc(NC3CCCCCCC3)cc2)cc1. The number of phenols is 1. The molecule has 122 valence electrons. The zero-order valence-electron chi connectivity index (χ0n) is 13.5. The second kappa shape index (κ2) is 7.91. The normalized spacial score (nSPS) is 16.3. The number of phenolic OH excluding ortho intramolecular Hbond substituents is 1. The van der Waals surface area contributed by atoms with Gasteiger partial charge in [0.15, 0.2) is 0 Å². The number of hydrogen-bond acceptors (Lipinski definition) is 3. The van der Waals surface area contributed by atoms with Crippen molar-refractivity contribution in [2.75, 3.05) is 5.32 Å². The van der Waals surface area contributed by atoms with E-state index >= 15 is 0 Å². The van der Waals surface area contributed by atoms with Gasteiger partial charge < -0.3 is 15.2 Å². The average molecular weight is 311 g/mol. The Morgan fingerprint density at radius 1 is 0.739 bits per heavy atom. The summed E-state index contributed by atoms with van der Waals surface area (Å²) in [4.78, 5) is 0. The molecule has 0 saturated heterocycles. The predicted molar refractivity (Wildman–Crippen MR) is 94.4 cm³/mol. The molecule has 0 unspecified atom stereocenters. The fourth-order valence-corrected chi connectivity index (χ4v) is 3.11. The highest BCUT2D eigenvalue weighted by Gasteiger charge is 2.11. The van der Waals surface area contributed by atoms with Crippen LogP contribution in [0, 0.1) is 0 Å². The summed E-state index contributed by atoms with van der Waals surface area (Å²) < 4.78 is 5.78. The van der Waals surface area contributed by atoms with Gasteiger partial charge in [0.05, 0.1) is 0 Å². The van der Waals surface area contributed by atoms with Gasteiger partial charge in [0.1, 0.15) is 17.2 Å². The lowest BCUT2D eigenvalue weighted by Crippen LogP contribution is -2.20. The van der Waals surface area contributed by atoms with Gasteiger partial charge in [-0.15, -0.1) is 0 Å². The molecule has 0 amide bonds. The molecule has 1 fully saturated rings. The summed E-state index contributed by atoms with van der Waals surface area (Å²) in [6.07, 6.45) is 9.35. The summed E-state index contributed by atoms with van der Waals surface area (Å²) in [5.41, 5.74) is 1.16. The summed E-state index contributed by atoms with van der Waals surface area (Å²) >= 11 is 0. The fraction of sp³-hybridized carbons (Fsp3) is 0.400. The van der Waals surface area contributed by atoms with Crippen LogP contribution in [0.1, 0.15) is 44.9 Å². The average Bonchev–Trinajstić information content (AvgIpc) is 2.54. The molecule has 0 atom stereocenters. The maximum Gasteiger partial charge on any atom is 0.127 e. The Labute approximate surface area is 138 Å². The standard InChI is InChI=1S/C20H25NO2/c22-18-10-14-20(15-11-18)23-19-12-8-17(9-13-19)21-16-6-4-2-1-3-5-7-16/h8-16,21-22H,1-7H2. The van der Waals surface area contributed by atoms with Gasteiger partial charge >= 0.3 is 0 Å². The van der Waals surface area contributed by atoms with Crippen molar-refractivity contribution in [2.24, 2.45) is 0 Å². The second-order valence-corrected chi connectivity index (χ2v) is 6.31. The largest absolute Gasteiger partial charge is 0.508 e. The molecule has 2 N–H and O–H groups in total. The monoisotopic (exact) mass is 311 g/mol. The first-order valence-electron chi connectivity index (χ1n) is 8.63. The molecule has 0 bridgehead atoms. The van der Waals surface area contributed by atoms with E-state index < -0.39 is 0 Å². The molecule has 2 aromatic rings. The molecule has 0 radical (unpaired) electrons. The van der Waals surface area contributed by atoms with Crippen LogP contribution in [-0.2, 0) is 0 Å². The molecule has 23 heavy (non-hydrogen) atoms. The van der Waals surface area contributed by atoms with E-state index in [9.17, 15) is 5.11 Å². The molecular formula is C20H25NO2. The van der Waals surface area contributed by atoms with Crippen molar-refractivity contribution in [3.8, 4) is 17.2 Å². The van der Waals surface area contributed by atoms with Gasteiger partial charge in [-0.05, 0) is 61.4 Å². The van der Waals surface area contributed by atoms with Crippen LogP contribution >= 0.6 is 0 Å². The number of anilines is 1. The van der Waals surface area contributed by atoms with Gasteiger partial charge in [-0.2, -0.15) is 0 Å². The van der Waals surface area contributed by atoms with Gasteiger partial charge in [-0.3, -0.25) is 0 Å². The van der Waals surface area contributed by atoms with Gasteiger partial charge in [0, 0.05) is 11.7 Å². The van der Waals surface area contributed by atoms with Crippen molar-refractivity contribution in [3.05, 3.63) is 48.5 Å². The van der Waals surface area contributed by atoms with Crippen LogP contribution in [0.25, 0.3) is 0 Å². The molecule has 1 aliphatic carbocycles. The van der Waals surface area contributed by atoms with E-state index in [1.807, 2.05) is 12.1 Å². The van der Waals surface area contributed by atoms with Crippen LogP contribution in [0.2, 0.25) is 0 Å². The third kappa shape index (κ3) is 4.92. The Balaban J connectivity index is 1.56. The highest BCUT2D eigenvalue weighted by molar-refractivity contribution is 5.48. The molecule has 3 rings (SSSR count). The summed E-state index contributed by atoms with van der Waals surface area (Å²) in [6.45, 7) is 0. The summed E-state index contributed by atoms with van der Waals surface area (Å²) in [7, 11) is 0. The maximum absolute atomic E-state index is 9.29. The number of hydrogen-bond donors (Lipinski definition) is 2. The number of benzene rings is 2. The summed E-state index contributed by atoms with van der Waals surface area (Å²) in [5, 5.41) is 12.9. The molecule has 3 nitrogen and oxygen atoms in total. The highest BCUT2D eigenvalue weighted by atomic mass is 16.5. The molecule has 0 spiro atoms. The fourth-order valence-electron chi connectivity index (χ4n) is 3.11. The Bertz CT molecular complexity index is 584. The Morgan fingerprint density at radius 3 is 1.87 bits per heavy atom. The smallest absolute Gasteiger partial charge is 0.127 e. The summed E-state index contributed by atoms with van der Waals surface area (Å²) in [5.74, 6) is 1.78. The molecule has 0 aromatic heterocycles. The van der Waals surface area contributed by atoms with Crippen LogP contribution in [0.4, 0.5) is 5.69 Å². The molecular weight excluding hydrogens is 286 g/mol. The van der Waals surface area contributed by atoms with Gasteiger partial charge in [-0.25, -0.2) is 0 Å².